The van der Waals surface area contributed by atoms with Crippen LogP contribution in [0.25, 0.3) is 11.4 Å². The summed E-state index contributed by atoms with van der Waals surface area (Å²) in [6.45, 7) is 6.36. The number of anilines is 1. The molecule has 36 heavy (non-hydrogen) atoms. The molecule has 1 fully saturated rings. The van der Waals surface area contributed by atoms with Gasteiger partial charge in [-0.3, -0.25) is 4.90 Å². The van der Waals surface area contributed by atoms with Gasteiger partial charge in [0, 0.05) is 56.0 Å². The topological polar surface area (TPSA) is 52.5 Å². The molecule has 2 heterocycles. The number of β-amino-alcohol motifs (C(OH)–C–C–N with tert-alkyl or cyclic N) is 1. The van der Waals surface area contributed by atoms with Crippen molar-refractivity contribution in [3.05, 3.63) is 113 Å². The lowest BCUT2D eigenvalue weighted by Gasteiger charge is -2.37. The van der Waals surface area contributed by atoms with Crippen LogP contribution in [0.1, 0.15) is 22.4 Å². The predicted octanol–water partition coefficient (Wildman–Crippen LogP) is 4.77. The van der Waals surface area contributed by atoms with E-state index in [1.54, 1.807) is 0 Å². The maximum absolute atomic E-state index is 10.7. The highest BCUT2D eigenvalue weighted by Crippen LogP contribution is 2.28. The predicted molar refractivity (Wildman–Crippen MR) is 146 cm³/mol. The van der Waals surface area contributed by atoms with Crippen molar-refractivity contribution in [2.45, 2.75) is 25.9 Å². The number of aromatic nitrogens is 2. The van der Waals surface area contributed by atoms with Gasteiger partial charge in [-0.2, -0.15) is 0 Å². The van der Waals surface area contributed by atoms with E-state index in [0.29, 0.717) is 13.0 Å². The van der Waals surface area contributed by atoms with Crippen molar-refractivity contribution in [1.82, 2.24) is 14.9 Å². The van der Waals surface area contributed by atoms with E-state index in [0.717, 1.165) is 55.5 Å². The average Bonchev–Trinajstić information content (AvgIpc) is 2.92. The summed E-state index contributed by atoms with van der Waals surface area (Å²) in [4.78, 5) is 14.8. The first-order chi connectivity index (χ1) is 17.7. The molecule has 1 atom stereocenters. The van der Waals surface area contributed by atoms with Gasteiger partial charge in [0.1, 0.15) is 5.82 Å². The number of hydrogen-bond acceptors (Lipinski definition) is 5. The monoisotopic (exact) mass is 478 g/mol. The maximum atomic E-state index is 10.7. The molecule has 0 bridgehead atoms. The zero-order valence-electron chi connectivity index (χ0n) is 20.9. The summed E-state index contributed by atoms with van der Waals surface area (Å²) < 4.78 is 0. The van der Waals surface area contributed by atoms with Crippen LogP contribution in [0.4, 0.5) is 5.82 Å². The van der Waals surface area contributed by atoms with E-state index in [2.05, 4.69) is 71.3 Å². The number of rotatable bonds is 8. The first kappa shape index (κ1) is 24.2. The number of hydrogen-bond donors (Lipinski definition) is 1. The molecule has 0 amide bonds. The maximum Gasteiger partial charge on any atom is 0.161 e. The van der Waals surface area contributed by atoms with Crippen LogP contribution in [-0.2, 0) is 12.8 Å². The zero-order valence-corrected chi connectivity index (χ0v) is 20.9. The lowest BCUT2D eigenvalue weighted by Crippen LogP contribution is -2.49. The molecule has 3 aromatic carbocycles. The van der Waals surface area contributed by atoms with E-state index in [9.17, 15) is 5.11 Å². The summed E-state index contributed by atoms with van der Waals surface area (Å²) >= 11 is 0. The molecule has 4 aromatic rings. The quantitative estimate of drug-likeness (QED) is 0.395. The normalized spacial score (nSPS) is 15.1. The summed E-state index contributed by atoms with van der Waals surface area (Å²) in [5, 5.41) is 10.7. The van der Waals surface area contributed by atoms with E-state index in [-0.39, 0.29) is 6.10 Å². The van der Waals surface area contributed by atoms with Crippen LogP contribution in [0.15, 0.2) is 91.0 Å². The fourth-order valence-corrected chi connectivity index (χ4v) is 4.96. The van der Waals surface area contributed by atoms with E-state index in [4.69, 9.17) is 9.97 Å². The molecular formula is C31H34N4O. The lowest BCUT2D eigenvalue weighted by molar-refractivity contribution is 0.109. The fraction of sp³-hybridized carbons (Fsp3) is 0.290. The van der Waals surface area contributed by atoms with Gasteiger partial charge in [-0.15, -0.1) is 0 Å². The third kappa shape index (κ3) is 5.99. The van der Waals surface area contributed by atoms with Crippen LogP contribution in [0.3, 0.4) is 0 Å². The molecule has 0 spiro atoms. The van der Waals surface area contributed by atoms with Gasteiger partial charge in [0.25, 0.3) is 0 Å². The van der Waals surface area contributed by atoms with Crippen molar-refractivity contribution < 1.29 is 5.11 Å². The Morgan fingerprint density at radius 2 is 1.33 bits per heavy atom. The van der Waals surface area contributed by atoms with Gasteiger partial charge >= 0.3 is 0 Å². The first-order valence-corrected chi connectivity index (χ1v) is 12.8. The van der Waals surface area contributed by atoms with Gasteiger partial charge in [0.05, 0.1) is 6.10 Å². The molecular weight excluding hydrogens is 444 g/mol. The third-order valence-electron chi connectivity index (χ3n) is 6.90. The molecule has 0 unspecified atom stereocenters. The Bertz CT molecular complexity index is 1240. The average molecular weight is 479 g/mol. The van der Waals surface area contributed by atoms with E-state index >= 15 is 0 Å². The van der Waals surface area contributed by atoms with Crippen LogP contribution in [-0.4, -0.2) is 58.8 Å². The van der Waals surface area contributed by atoms with Gasteiger partial charge in [-0.1, -0.05) is 91.0 Å². The highest BCUT2D eigenvalue weighted by Gasteiger charge is 2.24. The Morgan fingerprint density at radius 1 is 0.750 bits per heavy atom. The minimum absolute atomic E-state index is 0.362. The largest absolute Gasteiger partial charge is 0.391 e. The smallest absolute Gasteiger partial charge is 0.161 e. The van der Waals surface area contributed by atoms with Crippen LogP contribution < -0.4 is 4.90 Å². The van der Waals surface area contributed by atoms with Gasteiger partial charge < -0.3 is 10.0 Å². The standard InChI is InChI=1S/C31H34N4O/c1-24-29(22-26-13-7-3-8-14-26)31(33-30(32-24)27-15-9-4-10-16-27)35-19-17-34(18-20-35)23-28(36)21-25-11-5-2-6-12-25/h2-16,28,36H,17-23H2,1H3/t28-/m1/s1. The molecule has 0 aliphatic carbocycles. The van der Waals surface area contributed by atoms with Gasteiger partial charge in [0.15, 0.2) is 5.82 Å². The SMILES string of the molecule is Cc1nc(-c2ccccc2)nc(N2CCN(C[C@H](O)Cc3ccccc3)CC2)c1Cc1ccccc1. The second-order valence-electron chi connectivity index (χ2n) is 9.59. The summed E-state index contributed by atoms with van der Waals surface area (Å²) in [5.74, 6) is 1.82. The van der Waals surface area contributed by atoms with E-state index in [1.165, 1.54) is 16.7 Å². The second-order valence-corrected chi connectivity index (χ2v) is 9.59. The van der Waals surface area contributed by atoms with E-state index in [1.807, 2.05) is 36.4 Å². The Morgan fingerprint density at radius 3 is 1.97 bits per heavy atom. The van der Waals surface area contributed by atoms with Gasteiger partial charge in [0.2, 0.25) is 0 Å². The highest BCUT2D eigenvalue weighted by molar-refractivity contribution is 5.61. The molecule has 1 aromatic heterocycles. The summed E-state index contributed by atoms with van der Waals surface area (Å²) in [5.41, 5.74) is 5.71. The number of aliphatic hydroxyl groups excluding tert-OH is 1. The minimum atomic E-state index is -0.362. The van der Waals surface area contributed by atoms with Crippen molar-refractivity contribution in [3.63, 3.8) is 0 Å². The van der Waals surface area contributed by atoms with Crippen LogP contribution in [0.5, 0.6) is 0 Å². The number of nitrogens with zero attached hydrogens (tertiary/aromatic N) is 4. The molecule has 0 radical (unpaired) electrons. The molecule has 1 aliphatic heterocycles. The molecule has 5 rings (SSSR count). The number of benzene rings is 3. The number of piperazine rings is 1. The summed E-state index contributed by atoms with van der Waals surface area (Å²) in [6, 6.07) is 31.0. The van der Waals surface area contributed by atoms with Crippen molar-refractivity contribution in [2.75, 3.05) is 37.6 Å². The van der Waals surface area contributed by atoms with Crippen LogP contribution in [0, 0.1) is 6.92 Å². The number of aryl methyl sites for hydroxylation is 1. The lowest BCUT2D eigenvalue weighted by atomic mass is 10.0. The molecule has 1 N–H and O–H groups in total. The van der Waals surface area contributed by atoms with Crippen molar-refractivity contribution in [2.24, 2.45) is 0 Å². The Kier molecular flexibility index (Phi) is 7.70. The molecule has 184 valence electrons. The molecule has 1 aliphatic rings. The van der Waals surface area contributed by atoms with Gasteiger partial charge in [-0.05, 0) is 24.5 Å². The molecule has 1 saturated heterocycles. The third-order valence-corrected chi connectivity index (χ3v) is 6.90. The zero-order chi connectivity index (χ0) is 24.7. The fourth-order valence-electron chi connectivity index (χ4n) is 4.96. The van der Waals surface area contributed by atoms with Crippen molar-refractivity contribution in [1.29, 1.82) is 0 Å². The second kappa shape index (κ2) is 11.5. The molecule has 5 nitrogen and oxygen atoms in total. The van der Waals surface area contributed by atoms with Crippen molar-refractivity contribution in [3.8, 4) is 11.4 Å². The molecule has 0 saturated carbocycles. The van der Waals surface area contributed by atoms with Gasteiger partial charge in [-0.25, -0.2) is 9.97 Å². The first-order valence-electron chi connectivity index (χ1n) is 12.8. The van der Waals surface area contributed by atoms with E-state index < -0.39 is 0 Å². The van der Waals surface area contributed by atoms with Crippen LogP contribution in [0.2, 0.25) is 0 Å². The number of aliphatic hydroxyl groups is 1. The summed E-state index contributed by atoms with van der Waals surface area (Å²) in [6.07, 6.45) is 1.14. The minimum Gasteiger partial charge on any atom is -0.391 e. The highest BCUT2D eigenvalue weighted by atomic mass is 16.3. The Labute approximate surface area is 214 Å². The Balaban J connectivity index is 1.33. The molecule has 5 heteroatoms. The Hall–Kier alpha value is -3.54. The van der Waals surface area contributed by atoms with Crippen LogP contribution >= 0.6 is 0 Å². The van der Waals surface area contributed by atoms with Crippen molar-refractivity contribution >= 4 is 5.82 Å². The summed E-state index contributed by atoms with van der Waals surface area (Å²) in [7, 11) is 0.